The van der Waals surface area contributed by atoms with Crippen molar-refractivity contribution in [2.24, 2.45) is 5.73 Å². The van der Waals surface area contributed by atoms with E-state index in [1.165, 1.54) is 0 Å². The molecule has 0 aliphatic heterocycles. The standard InChI is InChI=1S/C7H8N2O.C4H4S.C3H4N2/c8-7(10)9-6-4-2-1-3-5-6;2*1-2-4-5-3-1/h1-5H,(H3,8,9,10);1-4H;1-3H,(H,4,5). The number of carbonyl (C=O) groups is 1. The van der Waals surface area contributed by atoms with Crippen molar-refractivity contribution in [3.63, 3.8) is 0 Å². The predicted molar refractivity (Wildman–Crippen MR) is 82.6 cm³/mol. The molecule has 2 aromatic heterocycles. The summed E-state index contributed by atoms with van der Waals surface area (Å²) < 4.78 is 0. The zero-order valence-corrected chi connectivity index (χ0v) is 11.6. The van der Waals surface area contributed by atoms with E-state index < -0.39 is 6.03 Å². The number of para-hydroxylation sites is 1. The van der Waals surface area contributed by atoms with Crippen LogP contribution in [0, 0.1) is 0 Å². The number of primary amides is 1. The Morgan fingerprint density at radius 1 is 1.10 bits per heavy atom. The molecule has 0 saturated carbocycles. The second-order valence-electron chi connectivity index (χ2n) is 3.41. The third-order valence-corrected chi connectivity index (χ3v) is 2.50. The molecule has 0 unspecified atom stereocenters. The number of aromatic nitrogens is 2. The highest BCUT2D eigenvalue weighted by Crippen LogP contribution is 2.03. The topological polar surface area (TPSA) is 83.8 Å². The van der Waals surface area contributed by atoms with Gasteiger partial charge in [0.1, 0.15) is 0 Å². The lowest BCUT2D eigenvalue weighted by atomic mass is 10.3. The summed E-state index contributed by atoms with van der Waals surface area (Å²) in [5.41, 5.74) is 5.59. The Bertz CT molecular complexity index is 477. The Labute approximate surface area is 121 Å². The number of anilines is 1. The highest BCUT2D eigenvalue weighted by molar-refractivity contribution is 7.07. The summed E-state index contributed by atoms with van der Waals surface area (Å²) in [4.78, 5) is 10.3. The molecule has 1 aromatic carbocycles. The fourth-order valence-corrected chi connectivity index (χ4v) is 1.56. The van der Waals surface area contributed by atoms with Crippen LogP contribution in [0.4, 0.5) is 10.5 Å². The molecule has 0 fully saturated rings. The molecule has 4 N–H and O–H groups in total. The lowest BCUT2D eigenvalue weighted by Gasteiger charge is -1.97. The summed E-state index contributed by atoms with van der Waals surface area (Å²) in [7, 11) is 0. The number of H-pyrrole nitrogens is 1. The van der Waals surface area contributed by atoms with Gasteiger partial charge in [-0.05, 0) is 29.0 Å². The SMILES string of the molecule is NC(=O)Nc1ccccc1.c1ccsc1.c1cn[nH]c1. The molecule has 0 aliphatic rings. The van der Waals surface area contributed by atoms with Crippen molar-refractivity contribution < 1.29 is 4.79 Å². The molecule has 20 heavy (non-hydrogen) atoms. The first kappa shape index (κ1) is 15.5. The molecule has 6 heteroatoms. The zero-order chi connectivity index (χ0) is 14.5. The largest absolute Gasteiger partial charge is 0.351 e. The number of aromatic amines is 1. The number of rotatable bonds is 1. The average Bonchev–Trinajstić information content (AvgIpc) is 3.18. The number of nitrogens with two attached hydrogens (primary N) is 1. The highest BCUT2D eigenvalue weighted by Gasteiger charge is 1.90. The zero-order valence-electron chi connectivity index (χ0n) is 10.8. The molecule has 0 radical (unpaired) electrons. The molecule has 0 aliphatic carbocycles. The van der Waals surface area contributed by atoms with E-state index in [0.29, 0.717) is 0 Å². The van der Waals surface area contributed by atoms with Crippen LogP contribution in [0.5, 0.6) is 0 Å². The summed E-state index contributed by atoms with van der Waals surface area (Å²) in [6.07, 6.45) is 3.46. The molecule has 2 amide bonds. The number of amides is 2. The van der Waals surface area contributed by atoms with E-state index in [1.807, 2.05) is 47.2 Å². The Balaban J connectivity index is 0.000000167. The van der Waals surface area contributed by atoms with E-state index in [0.717, 1.165) is 5.69 Å². The number of nitrogens with zero attached hydrogens (tertiary/aromatic N) is 1. The van der Waals surface area contributed by atoms with Crippen molar-refractivity contribution in [1.29, 1.82) is 0 Å². The van der Waals surface area contributed by atoms with Gasteiger partial charge in [-0.15, -0.1) is 0 Å². The van der Waals surface area contributed by atoms with Crippen LogP contribution < -0.4 is 11.1 Å². The maximum Gasteiger partial charge on any atom is 0.316 e. The average molecular weight is 288 g/mol. The molecule has 3 rings (SSSR count). The van der Waals surface area contributed by atoms with Crippen molar-refractivity contribution in [2.75, 3.05) is 5.32 Å². The maximum absolute atomic E-state index is 10.3. The van der Waals surface area contributed by atoms with Crippen LogP contribution in [-0.2, 0) is 0 Å². The van der Waals surface area contributed by atoms with Gasteiger partial charge in [0.05, 0.1) is 0 Å². The first-order valence-corrected chi connectivity index (χ1v) is 6.75. The van der Waals surface area contributed by atoms with Gasteiger partial charge in [0.25, 0.3) is 0 Å². The third kappa shape index (κ3) is 8.48. The number of hydrogen-bond donors (Lipinski definition) is 3. The molecule has 0 atom stereocenters. The fraction of sp³-hybridized carbons (Fsp3) is 0. The highest BCUT2D eigenvalue weighted by atomic mass is 32.1. The molecule has 2 heterocycles. The second-order valence-corrected chi connectivity index (χ2v) is 4.23. The van der Waals surface area contributed by atoms with Crippen molar-refractivity contribution in [3.8, 4) is 0 Å². The van der Waals surface area contributed by atoms with E-state index in [2.05, 4.69) is 15.5 Å². The van der Waals surface area contributed by atoms with Gasteiger partial charge in [0.2, 0.25) is 0 Å². The smallest absolute Gasteiger partial charge is 0.316 e. The van der Waals surface area contributed by atoms with Crippen LogP contribution in [0.25, 0.3) is 0 Å². The van der Waals surface area contributed by atoms with Gasteiger partial charge < -0.3 is 11.1 Å². The van der Waals surface area contributed by atoms with Crippen LogP contribution in [0.2, 0.25) is 0 Å². The normalized spacial score (nSPS) is 8.40. The summed E-state index contributed by atoms with van der Waals surface area (Å²) >= 11 is 1.71. The minimum Gasteiger partial charge on any atom is -0.351 e. The van der Waals surface area contributed by atoms with Gasteiger partial charge in [-0.2, -0.15) is 16.4 Å². The van der Waals surface area contributed by atoms with E-state index in [1.54, 1.807) is 35.9 Å². The summed E-state index contributed by atoms with van der Waals surface area (Å²) in [6, 6.07) is 14.4. The Morgan fingerprint density at radius 3 is 2.15 bits per heavy atom. The lowest BCUT2D eigenvalue weighted by molar-refractivity contribution is 0.259. The monoisotopic (exact) mass is 288 g/mol. The van der Waals surface area contributed by atoms with E-state index in [9.17, 15) is 4.79 Å². The molecule has 3 aromatic rings. The quantitative estimate of drug-likeness (QED) is 0.641. The molecule has 0 spiro atoms. The van der Waals surface area contributed by atoms with Crippen molar-refractivity contribution in [2.45, 2.75) is 0 Å². The molecule has 5 nitrogen and oxygen atoms in total. The van der Waals surface area contributed by atoms with Gasteiger partial charge in [-0.25, -0.2) is 4.79 Å². The van der Waals surface area contributed by atoms with Gasteiger partial charge in [-0.3, -0.25) is 5.10 Å². The molecule has 104 valence electrons. The summed E-state index contributed by atoms with van der Waals surface area (Å²) in [6.45, 7) is 0. The lowest BCUT2D eigenvalue weighted by Crippen LogP contribution is -2.18. The second kappa shape index (κ2) is 10.3. The minimum atomic E-state index is -0.536. The van der Waals surface area contributed by atoms with Crippen LogP contribution in [0.15, 0.2) is 71.7 Å². The van der Waals surface area contributed by atoms with Crippen LogP contribution >= 0.6 is 11.3 Å². The van der Waals surface area contributed by atoms with Gasteiger partial charge in [-0.1, -0.05) is 30.3 Å². The number of nitrogens with one attached hydrogen (secondary N) is 2. The molecule has 0 bridgehead atoms. The number of benzene rings is 1. The summed E-state index contributed by atoms with van der Waals surface area (Å²) in [5, 5.41) is 12.7. The van der Waals surface area contributed by atoms with Gasteiger partial charge >= 0.3 is 6.03 Å². The number of thiophene rings is 1. The fourth-order valence-electron chi connectivity index (χ4n) is 1.11. The third-order valence-electron chi connectivity index (χ3n) is 1.87. The van der Waals surface area contributed by atoms with Crippen LogP contribution in [0.3, 0.4) is 0 Å². The molecule has 0 saturated heterocycles. The Morgan fingerprint density at radius 2 is 1.80 bits per heavy atom. The summed E-state index contributed by atoms with van der Waals surface area (Å²) in [5.74, 6) is 0. The van der Waals surface area contributed by atoms with Gasteiger partial charge in [0.15, 0.2) is 0 Å². The van der Waals surface area contributed by atoms with E-state index in [4.69, 9.17) is 5.73 Å². The Hall–Kier alpha value is -2.60. The molecular formula is C14H16N4OS. The maximum atomic E-state index is 10.3. The van der Waals surface area contributed by atoms with E-state index >= 15 is 0 Å². The first-order valence-electron chi connectivity index (χ1n) is 5.81. The van der Waals surface area contributed by atoms with Gasteiger partial charge in [0, 0.05) is 18.1 Å². The first-order chi connectivity index (χ1) is 9.79. The predicted octanol–water partition coefficient (Wildman–Crippen LogP) is 3.34. The van der Waals surface area contributed by atoms with E-state index in [-0.39, 0.29) is 0 Å². The van der Waals surface area contributed by atoms with Crippen LogP contribution in [-0.4, -0.2) is 16.2 Å². The number of carbonyl (C=O) groups excluding carboxylic acids is 1. The number of hydrogen-bond acceptors (Lipinski definition) is 3. The number of urea groups is 1. The van der Waals surface area contributed by atoms with Crippen molar-refractivity contribution in [3.05, 3.63) is 71.7 Å². The van der Waals surface area contributed by atoms with Crippen molar-refractivity contribution in [1.82, 2.24) is 10.2 Å². The van der Waals surface area contributed by atoms with Crippen LogP contribution in [0.1, 0.15) is 0 Å². The molecular weight excluding hydrogens is 272 g/mol. The van der Waals surface area contributed by atoms with Crippen molar-refractivity contribution >= 4 is 23.1 Å². The minimum absolute atomic E-state index is 0.536. The Kier molecular flexibility index (Phi) is 7.99.